The van der Waals surface area contributed by atoms with Crippen LogP contribution in [0.15, 0.2) is 78.9 Å². The number of anilines is 1. The summed E-state index contributed by atoms with van der Waals surface area (Å²) in [4.78, 5) is 25.4. The Kier molecular flexibility index (Phi) is 5.94. The predicted molar refractivity (Wildman–Crippen MR) is 113 cm³/mol. The number of hydrogen-bond donors (Lipinski definition) is 1. The normalized spacial score (nSPS) is 13.7. The lowest BCUT2D eigenvalue weighted by Crippen LogP contribution is -2.52. The summed E-state index contributed by atoms with van der Waals surface area (Å²) in [5.74, 6) is -0.0795. The van der Waals surface area contributed by atoms with Crippen molar-refractivity contribution in [1.82, 2.24) is 5.32 Å². The molecule has 0 unspecified atom stereocenters. The second kappa shape index (κ2) is 9.13. The quantitative estimate of drug-likeness (QED) is 0.616. The van der Waals surface area contributed by atoms with Crippen LogP contribution >= 0.6 is 0 Å². The van der Waals surface area contributed by atoms with Gasteiger partial charge in [-0.25, -0.2) is 0 Å². The minimum atomic E-state index is -0.600. The van der Waals surface area contributed by atoms with Gasteiger partial charge in [0.05, 0.1) is 0 Å². The highest BCUT2D eigenvalue weighted by atomic mass is 16.5. The molecule has 0 aromatic heterocycles. The van der Waals surface area contributed by atoms with Crippen LogP contribution in [0.4, 0.5) is 5.69 Å². The van der Waals surface area contributed by atoms with Crippen molar-refractivity contribution >= 4 is 17.5 Å². The van der Waals surface area contributed by atoms with E-state index in [4.69, 9.17) is 9.47 Å². The van der Waals surface area contributed by atoms with E-state index in [0.29, 0.717) is 43.5 Å². The van der Waals surface area contributed by atoms with Crippen LogP contribution in [0.2, 0.25) is 0 Å². The average Bonchev–Trinajstić information content (AvgIpc) is 2.80. The van der Waals surface area contributed by atoms with Gasteiger partial charge in [-0.3, -0.25) is 9.59 Å². The van der Waals surface area contributed by atoms with Crippen LogP contribution in [0.5, 0.6) is 11.5 Å². The number of carbonyl (C=O) groups excluding carboxylic acids is 2. The molecule has 152 valence electrons. The molecule has 1 saturated heterocycles. The highest BCUT2D eigenvalue weighted by Crippen LogP contribution is 2.33. The summed E-state index contributed by atoms with van der Waals surface area (Å²) in [6.45, 7) is 1.58. The van der Waals surface area contributed by atoms with Gasteiger partial charge in [-0.05, 0) is 23.3 Å². The molecule has 1 N–H and O–H groups in total. The molecule has 0 aliphatic carbocycles. The van der Waals surface area contributed by atoms with E-state index in [2.05, 4.69) is 5.32 Å². The third kappa shape index (κ3) is 4.60. The van der Waals surface area contributed by atoms with Crippen molar-refractivity contribution in [2.45, 2.75) is 13.2 Å². The summed E-state index contributed by atoms with van der Waals surface area (Å²) in [7, 11) is 0. The van der Waals surface area contributed by atoms with Crippen molar-refractivity contribution in [3.8, 4) is 11.5 Å². The molecule has 4 rings (SSSR count). The largest absolute Gasteiger partial charge is 0.485 e. The molecule has 6 heteroatoms. The summed E-state index contributed by atoms with van der Waals surface area (Å²) in [6, 6.07) is 25.0. The zero-order valence-electron chi connectivity index (χ0n) is 16.4. The number of carbonyl (C=O) groups is 2. The molecule has 1 aliphatic heterocycles. The SMILES string of the molecule is O=C1NCCN(c2ccc(OCc3ccccc3)c(OCc3ccccc3)c2)C1=O. The lowest BCUT2D eigenvalue weighted by Gasteiger charge is -2.27. The molecule has 6 nitrogen and oxygen atoms in total. The third-order valence-corrected chi connectivity index (χ3v) is 4.77. The fourth-order valence-electron chi connectivity index (χ4n) is 3.19. The fraction of sp³-hybridized carbons (Fsp3) is 0.167. The van der Waals surface area contributed by atoms with E-state index in [1.165, 1.54) is 4.90 Å². The molecule has 30 heavy (non-hydrogen) atoms. The molecule has 1 fully saturated rings. The summed E-state index contributed by atoms with van der Waals surface area (Å²) in [6.07, 6.45) is 0. The van der Waals surface area contributed by atoms with E-state index < -0.39 is 11.8 Å². The molecule has 0 spiro atoms. The van der Waals surface area contributed by atoms with Gasteiger partial charge in [-0.15, -0.1) is 0 Å². The smallest absolute Gasteiger partial charge is 0.316 e. The molecular weight excluding hydrogens is 380 g/mol. The Morgan fingerprint density at radius 3 is 2.00 bits per heavy atom. The number of ether oxygens (including phenoxy) is 2. The summed E-state index contributed by atoms with van der Waals surface area (Å²) in [5.41, 5.74) is 2.66. The highest BCUT2D eigenvalue weighted by Gasteiger charge is 2.28. The number of nitrogens with zero attached hydrogens (tertiary/aromatic N) is 1. The van der Waals surface area contributed by atoms with E-state index in [9.17, 15) is 9.59 Å². The molecule has 3 aromatic carbocycles. The van der Waals surface area contributed by atoms with Gasteiger partial charge in [-0.1, -0.05) is 60.7 Å². The second-order valence-corrected chi connectivity index (χ2v) is 6.89. The van der Waals surface area contributed by atoms with E-state index in [1.54, 1.807) is 18.2 Å². The van der Waals surface area contributed by atoms with Crippen molar-refractivity contribution < 1.29 is 19.1 Å². The summed E-state index contributed by atoms with van der Waals surface area (Å²) in [5, 5.41) is 2.56. The molecule has 0 bridgehead atoms. The van der Waals surface area contributed by atoms with E-state index in [1.807, 2.05) is 60.7 Å². The molecule has 1 heterocycles. The molecule has 0 saturated carbocycles. The van der Waals surface area contributed by atoms with Crippen molar-refractivity contribution in [2.24, 2.45) is 0 Å². The predicted octanol–water partition coefficient (Wildman–Crippen LogP) is 3.31. The Labute approximate surface area is 175 Å². The summed E-state index contributed by atoms with van der Waals surface area (Å²) >= 11 is 0. The van der Waals surface area contributed by atoms with Crippen molar-refractivity contribution in [2.75, 3.05) is 18.0 Å². The Morgan fingerprint density at radius 1 is 0.767 bits per heavy atom. The molecule has 0 atom stereocenters. The van der Waals surface area contributed by atoms with Gasteiger partial charge in [0.25, 0.3) is 0 Å². The van der Waals surface area contributed by atoms with Gasteiger partial charge in [0.1, 0.15) is 13.2 Å². The van der Waals surface area contributed by atoms with Crippen LogP contribution < -0.4 is 19.7 Å². The number of rotatable bonds is 7. The van der Waals surface area contributed by atoms with Crippen LogP contribution in [-0.4, -0.2) is 24.9 Å². The first-order chi connectivity index (χ1) is 14.7. The van der Waals surface area contributed by atoms with E-state index in [0.717, 1.165) is 11.1 Å². The Morgan fingerprint density at radius 2 is 1.37 bits per heavy atom. The average molecular weight is 402 g/mol. The van der Waals surface area contributed by atoms with Crippen molar-refractivity contribution in [3.05, 3.63) is 90.0 Å². The number of piperazine rings is 1. The number of amides is 2. The summed E-state index contributed by atoms with van der Waals surface area (Å²) < 4.78 is 12.0. The van der Waals surface area contributed by atoms with Crippen molar-refractivity contribution in [3.63, 3.8) is 0 Å². The third-order valence-electron chi connectivity index (χ3n) is 4.77. The maximum atomic E-state index is 12.3. The van der Waals surface area contributed by atoms with Gasteiger partial charge >= 0.3 is 11.8 Å². The molecule has 0 radical (unpaired) electrons. The van der Waals surface area contributed by atoms with Gasteiger partial charge in [-0.2, -0.15) is 0 Å². The Hall–Kier alpha value is -3.80. The van der Waals surface area contributed by atoms with Gasteiger partial charge in [0, 0.05) is 24.8 Å². The molecule has 3 aromatic rings. The minimum Gasteiger partial charge on any atom is -0.485 e. The first-order valence-electron chi connectivity index (χ1n) is 9.78. The highest BCUT2D eigenvalue weighted by molar-refractivity contribution is 6.41. The molecular formula is C24H22N2O4. The topological polar surface area (TPSA) is 67.9 Å². The van der Waals surface area contributed by atoms with E-state index in [-0.39, 0.29) is 0 Å². The second-order valence-electron chi connectivity index (χ2n) is 6.89. The first-order valence-corrected chi connectivity index (χ1v) is 9.78. The first kappa shape index (κ1) is 19.5. The van der Waals surface area contributed by atoms with E-state index >= 15 is 0 Å². The van der Waals surface area contributed by atoms with Crippen molar-refractivity contribution in [1.29, 1.82) is 0 Å². The standard InChI is InChI=1S/C24H22N2O4/c27-23-24(28)26(14-13-25-23)20-11-12-21(29-16-18-7-3-1-4-8-18)22(15-20)30-17-19-9-5-2-6-10-19/h1-12,15H,13-14,16-17H2,(H,25,27). The fourth-order valence-corrected chi connectivity index (χ4v) is 3.19. The maximum absolute atomic E-state index is 12.3. The number of benzene rings is 3. The van der Waals surface area contributed by atoms with Crippen LogP contribution in [0, 0.1) is 0 Å². The van der Waals surface area contributed by atoms with Gasteiger partial charge < -0.3 is 19.7 Å². The van der Waals surface area contributed by atoms with Gasteiger partial charge in [0.15, 0.2) is 11.5 Å². The monoisotopic (exact) mass is 402 g/mol. The number of hydrogen-bond acceptors (Lipinski definition) is 4. The van der Waals surface area contributed by atoms with Gasteiger partial charge in [0.2, 0.25) is 0 Å². The van der Waals surface area contributed by atoms with Crippen LogP contribution in [-0.2, 0) is 22.8 Å². The van der Waals surface area contributed by atoms with Crippen LogP contribution in [0.1, 0.15) is 11.1 Å². The Bertz CT molecular complexity index is 1020. The zero-order chi connectivity index (χ0) is 20.8. The lowest BCUT2D eigenvalue weighted by atomic mass is 10.2. The lowest BCUT2D eigenvalue weighted by molar-refractivity contribution is -0.138. The molecule has 2 amide bonds. The zero-order valence-corrected chi connectivity index (χ0v) is 16.4. The Balaban J connectivity index is 1.57. The van der Waals surface area contributed by atoms with Crippen LogP contribution in [0.25, 0.3) is 0 Å². The number of nitrogens with one attached hydrogen (secondary N) is 1. The molecule has 1 aliphatic rings. The minimum absolute atomic E-state index is 0.362. The van der Waals surface area contributed by atoms with Crippen LogP contribution in [0.3, 0.4) is 0 Å². The maximum Gasteiger partial charge on any atom is 0.316 e.